The van der Waals surface area contributed by atoms with Crippen molar-refractivity contribution in [3.63, 3.8) is 0 Å². The number of carbonyl (C=O) groups excluding carboxylic acids is 1. The van der Waals surface area contributed by atoms with Gasteiger partial charge in [0.1, 0.15) is 11.9 Å². The van der Waals surface area contributed by atoms with Crippen LogP contribution in [-0.2, 0) is 11.3 Å². The summed E-state index contributed by atoms with van der Waals surface area (Å²) < 4.78 is 32.2. The lowest BCUT2D eigenvalue weighted by atomic mass is 10.1. The first-order valence-electron chi connectivity index (χ1n) is 8.42. The summed E-state index contributed by atoms with van der Waals surface area (Å²) in [6, 6.07) is 6.41. The van der Waals surface area contributed by atoms with E-state index in [1.54, 1.807) is 12.1 Å². The van der Waals surface area contributed by atoms with Crippen LogP contribution in [0.3, 0.4) is 0 Å². The van der Waals surface area contributed by atoms with Gasteiger partial charge in [0.05, 0.1) is 0 Å². The third kappa shape index (κ3) is 4.33. The van der Waals surface area contributed by atoms with Gasteiger partial charge in [0.15, 0.2) is 11.6 Å². The first-order valence-corrected chi connectivity index (χ1v) is 8.42. The van der Waals surface area contributed by atoms with E-state index in [1.807, 2.05) is 6.92 Å². The number of amides is 1. The lowest BCUT2D eigenvalue weighted by Crippen LogP contribution is -2.43. The Labute approximate surface area is 149 Å². The highest BCUT2D eigenvalue weighted by molar-refractivity contribution is 5.82. The van der Waals surface area contributed by atoms with Gasteiger partial charge in [-0.2, -0.15) is 0 Å². The zero-order valence-corrected chi connectivity index (χ0v) is 14.3. The summed E-state index contributed by atoms with van der Waals surface area (Å²) in [5, 5.41) is 2.82. The molecule has 0 saturated carbocycles. The number of halogens is 2. The van der Waals surface area contributed by atoms with Gasteiger partial charge in [-0.3, -0.25) is 10.2 Å². The Hall–Kier alpha value is -2.58. The number of pyridine rings is 1. The third-order valence-corrected chi connectivity index (χ3v) is 4.19. The number of hydrogen-bond donors (Lipinski definition) is 3. The zero-order chi connectivity index (χ0) is 18.5. The number of hydrogen-bond acceptors (Lipinski definition) is 5. The molecule has 0 radical (unpaired) electrons. The van der Waals surface area contributed by atoms with E-state index in [2.05, 4.69) is 21.2 Å². The minimum absolute atomic E-state index is 0.134. The topological polar surface area (TPSA) is 75.3 Å². The summed E-state index contributed by atoms with van der Waals surface area (Å²) in [7, 11) is 0. The van der Waals surface area contributed by atoms with E-state index in [0.717, 1.165) is 18.6 Å². The van der Waals surface area contributed by atoms with Crippen molar-refractivity contribution in [2.24, 2.45) is 0 Å². The summed E-state index contributed by atoms with van der Waals surface area (Å²) in [6.07, 6.45) is 3.14. The molecule has 1 aliphatic heterocycles. The van der Waals surface area contributed by atoms with Crippen LogP contribution in [0.2, 0.25) is 0 Å². The van der Waals surface area contributed by atoms with Crippen LogP contribution in [0.25, 0.3) is 0 Å². The first kappa shape index (κ1) is 18.2. The van der Waals surface area contributed by atoms with Crippen LogP contribution < -0.4 is 20.9 Å². The van der Waals surface area contributed by atoms with Crippen molar-refractivity contribution >= 4 is 5.91 Å². The van der Waals surface area contributed by atoms with Crippen LogP contribution in [0, 0.1) is 11.6 Å². The van der Waals surface area contributed by atoms with E-state index in [1.165, 1.54) is 12.3 Å². The molecule has 6 nitrogen and oxygen atoms in total. The summed E-state index contributed by atoms with van der Waals surface area (Å²) in [5.41, 5.74) is 6.62. The van der Waals surface area contributed by atoms with Gasteiger partial charge < -0.3 is 10.1 Å². The van der Waals surface area contributed by atoms with E-state index in [0.29, 0.717) is 12.0 Å². The zero-order valence-electron chi connectivity index (χ0n) is 14.3. The molecular formula is C18H20F2N4O2. The molecule has 0 spiro atoms. The second-order valence-electron chi connectivity index (χ2n) is 6.04. The average Bonchev–Trinajstić information content (AvgIpc) is 3.12. The predicted molar refractivity (Wildman–Crippen MR) is 91.3 cm³/mol. The number of ether oxygens (including phenoxy) is 1. The summed E-state index contributed by atoms with van der Waals surface area (Å²) in [5.74, 6) is -1.63. The molecule has 2 unspecified atom stereocenters. The second-order valence-corrected chi connectivity index (χ2v) is 6.04. The fourth-order valence-electron chi connectivity index (χ4n) is 2.68. The minimum Gasteiger partial charge on any atom is -0.436 e. The van der Waals surface area contributed by atoms with Crippen molar-refractivity contribution < 1.29 is 18.3 Å². The van der Waals surface area contributed by atoms with E-state index in [4.69, 9.17) is 4.74 Å². The smallest absolute Gasteiger partial charge is 0.238 e. The van der Waals surface area contributed by atoms with Gasteiger partial charge in [-0.15, -0.1) is 0 Å². The summed E-state index contributed by atoms with van der Waals surface area (Å²) in [4.78, 5) is 16.3. The Morgan fingerprint density at radius 2 is 2.19 bits per heavy atom. The van der Waals surface area contributed by atoms with Crippen LogP contribution in [0.15, 0.2) is 36.5 Å². The Morgan fingerprint density at radius 3 is 2.92 bits per heavy atom. The Morgan fingerprint density at radius 1 is 1.35 bits per heavy atom. The number of aromatic nitrogens is 1. The number of carbonyl (C=O) groups is 1. The molecule has 1 aromatic heterocycles. The first-order chi connectivity index (χ1) is 12.6. The molecule has 2 heterocycles. The normalized spacial score (nSPS) is 19.3. The number of hydrazine groups is 1. The molecule has 1 fully saturated rings. The molecule has 0 bridgehead atoms. The average molecular weight is 362 g/mol. The van der Waals surface area contributed by atoms with Gasteiger partial charge in [-0.25, -0.2) is 19.2 Å². The van der Waals surface area contributed by atoms with Crippen molar-refractivity contribution in [2.75, 3.05) is 0 Å². The molecule has 1 aromatic carbocycles. The van der Waals surface area contributed by atoms with Crippen molar-refractivity contribution in [1.82, 2.24) is 21.2 Å². The van der Waals surface area contributed by atoms with Crippen LogP contribution in [0.1, 0.15) is 25.3 Å². The third-order valence-electron chi connectivity index (χ3n) is 4.19. The molecule has 1 amide bonds. The van der Waals surface area contributed by atoms with Crippen LogP contribution in [-0.4, -0.2) is 23.0 Å². The maximum atomic E-state index is 13.8. The van der Waals surface area contributed by atoms with Gasteiger partial charge in [0, 0.05) is 30.4 Å². The maximum absolute atomic E-state index is 13.8. The standard InChI is InChI=1S/C18H20F2N4O2/c1-2-13-9-15(24-23-13)17(25)22-10-11-4-3-7-21-18(11)26-16-6-5-12(19)8-14(16)20/h3-8,13,15,23-24H,2,9-10H2,1H3,(H,22,25). The Kier molecular flexibility index (Phi) is 5.75. The molecule has 8 heteroatoms. The fraction of sp³-hybridized carbons (Fsp3) is 0.333. The van der Waals surface area contributed by atoms with Crippen LogP contribution >= 0.6 is 0 Å². The van der Waals surface area contributed by atoms with Gasteiger partial charge in [-0.05, 0) is 31.0 Å². The van der Waals surface area contributed by atoms with E-state index < -0.39 is 11.6 Å². The van der Waals surface area contributed by atoms with Crippen molar-refractivity contribution in [1.29, 1.82) is 0 Å². The lowest BCUT2D eigenvalue weighted by Gasteiger charge is -2.13. The molecule has 26 heavy (non-hydrogen) atoms. The van der Waals surface area contributed by atoms with Gasteiger partial charge in [0.25, 0.3) is 0 Å². The maximum Gasteiger partial charge on any atom is 0.238 e. The van der Waals surface area contributed by atoms with Crippen molar-refractivity contribution in [2.45, 2.75) is 38.4 Å². The molecule has 1 saturated heterocycles. The highest BCUT2D eigenvalue weighted by atomic mass is 19.1. The second kappa shape index (κ2) is 8.20. The van der Waals surface area contributed by atoms with Crippen LogP contribution in [0.5, 0.6) is 11.6 Å². The molecule has 1 aliphatic rings. The number of rotatable bonds is 6. The van der Waals surface area contributed by atoms with Crippen molar-refractivity contribution in [3.8, 4) is 11.6 Å². The molecule has 3 rings (SSSR count). The van der Waals surface area contributed by atoms with Crippen molar-refractivity contribution in [3.05, 3.63) is 53.7 Å². The quantitative estimate of drug-likeness (QED) is 0.736. The minimum atomic E-state index is -0.822. The Balaban J connectivity index is 1.65. The van der Waals surface area contributed by atoms with E-state index in [9.17, 15) is 13.6 Å². The number of nitrogens with one attached hydrogen (secondary N) is 3. The van der Waals surface area contributed by atoms with E-state index in [-0.39, 0.29) is 36.2 Å². The number of nitrogens with zero attached hydrogens (tertiary/aromatic N) is 1. The molecule has 0 aliphatic carbocycles. The molecule has 3 N–H and O–H groups in total. The summed E-state index contributed by atoms with van der Waals surface area (Å²) in [6.45, 7) is 2.23. The van der Waals surface area contributed by atoms with Gasteiger partial charge >= 0.3 is 0 Å². The largest absolute Gasteiger partial charge is 0.436 e. The molecule has 2 aromatic rings. The van der Waals surface area contributed by atoms with Crippen LogP contribution in [0.4, 0.5) is 8.78 Å². The lowest BCUT2D eigenvalue weighted by molar-refractivity contribution is -0.123. The van der Waals surface area contributed by atoms with E-state index >= 15 is 0 Å². The molecule has 2 atom stereocenters. The fourth-order valence-corrected chi connectivity index (χ4v) is 2.68. The predicted octanol–water partition coefficient (Wildman–Crippen LogP) is 2.41. The van der Waals surface area contributed by atoms with Gasteiger partial charge in [-0.1, -0.05) is 13.0 Å². The Bertz CT molecular complexity index is 788. The highest BCUT2D eigenvalue weighted by Crippen LogP contribution is 2.26. The summed E-state index contributed by atoms with van der Waals surface area (Å²) >= 11 is 0. The highest BCUT2D eigenvalue weighted by Gasteiger charge is 2.28. The van der Waals surface area contributed by atoms with Gasteiger partial charge in [0.2, 0.25) is 11.8 Å². The SMILES string of the molecule is CCC1CC(C(=O)NCc2cccnc2Oc2ccc(F)cc2F)NN1. The molecular weight excluding hydrogens is 342 g/mol. The monoisotopic (exact) mass is 362 g/mol. The molecule has 138 valence electrons. The number of benzene rings is 1.